The molecule has 1 N–H and O–H groups in total. The zero-order valence-electron chi connectivity index (χ0n) is 12.4. The summed E-state index contributed by atoms with van der Waals surface area (Å²) >= 11 is 2.15. The molecule has 122 valence electrons. The van der Waals surface area contributed by atoms with Crippen LogP contribution in [0.3, 0.4) is 0 Å². The van der Waals surface area contributed by atoms with Crippen molar-refractivity contribution in [3.63, 3.8) is 0 Å². The molecule has 0 aliphatic heterocycles. The average molecular weight is 445 g/mol. The Hall–Kier alpha value is -1.45. The van der Waals surface area contributed by atoms with Crippen LogP contribution < -0.4 is 0 Å². The highest BCUT2D eigenvalue weighted by Gasteiger charge is 2.32. The molecule has 0 amide bonds. The highest BCUT2D eigenvalue weighted by atomic mass is 127. The van der Waals surface area contributed by atoms with Gasteiger partial charge in [0.15, 0.2) is 0 Å². The van der Waals surface area contributed by atoms with E-state index in [0.717, 1.165) is 13.4 Å². The van der Waals surface area contributed by atoms with Crippen LogP contribution in [0.15, 0.2) is 59.5 Å². The van der Waals surface area contributed by atoms with Crippen molar-refractivity contribution in [1.29, 1.82) is 0 Å². The number of carboxylic acid groups (broad SMARTS) is 1. The fourth-order valence-corrected chi connectivity index (χ4v) is 3.83. The zero-order valence-corrected chi connectivity index (χ0v) is 15.4. The molecule has 0 unspecified atom stereocenters. The maximum atomic E-state index is 12.6. The molecular weight excluding hydrogens is 429 g/mol. The molecular formula is C16H16INO4S. The van der Waals surface area contributed by atoms with E-state index in [1.54, 1.807) is 30.3 Å². The molecule has 5 nitrogen and oxygen atoms in total. The normalized spacial score (nSPS) is 13.0. The molecule has 1 atom stereocenters. The van der Waals surface area contributed by atoms with Crippen molar-refractivity contribution in [2.75, 3.05) is 7.05 Å². The molecule has 0 aromatic heterocycles. The van der Waals surface area contributed by atoms with E-state index < -0.39 is 22.0 Å². The van der Waals surface area contributed by atoms with Crippen LogP contribution in [0.5, 0.6) is 0 Å². The van der Waals surface area contributed by atoms with Crippen LogP contribution in [0.1, 0.15) is 5.56 Å². The monoisotopic (exact) mass is 445 g/mol. The zero-order chi connectivity index (χ0) is 17.0. The molecule has 0 spiro atoms. The lowest BCUT2D eigenvalue weighted by Crippen LogP contribution is -2.43. The summed E-state index contributed by atoms with van der Waals surface area (Å²) in [6.45, 7) is 0. The van der Waals surface area contributed by atoms with E-state index in [1.807, 2.05) is 12.1 Å². The van der Waals surface area contributed by atoms with Crippen molar-refractivity contribution >= 4 is 38.6 Å². The van der Waals surface area contributed by atoms with E-state index >= 15 is 0 Å². The van der Waals surface area contributed by atoms with Crippen LogP contribution in [-0.4, -0.2) is 36.9 Å². The lowest BCUT2D eigenvalue weighted by molar-refractivity contribution is -0.141. The van der Waals surface area contributed by atoms with E-state index in [-0.39, 0.29) is 11.3 Å². The molecule has 0 radical (unpaired) electrons. The molecule has 23 heavy (non-hydrogen) atoms. The predicted octanol–water partition coefficient (Wildman–Crippen LogP) is 2.61. The number of carbonyl (C=O) groups is 1. The van der Waals surface area contributed by atoms with Gasteiger partial charge >= 0.3 is 5.97 Å². The Morgan fingerprint density at radius 3 is 2.22 bits per heavy atom. The summed E-state index contributed by atoms with van der Waals surface area (Å²) in [6, 6.07) is 14.0. The summed E-state index contributed by atoms with van der Waals surface area (Å²) in [5, 5.41) is 9.46. The minimum atomic E-state index is -3.86. The number of benzene rings is 2. The van der Waals surface area contributed by atoms with E-state index in [9.17, 15) is 18.3 Å². The van der Waals surface area contributed by atoms with Gasteiger partial charge in [0, 0.05) is 10.6 Å². The van der Waals surface area contributed by atoms with Crippen molar-refractivity contribution in [3.05, 3.63) is 63.7 Å². The summed E-state index contributed by atoms with van der Waals surface area (Å²) in [6.07, 6.45) is 0.106. The third-order valence-corrected chi connectivity index (χ3v) is 6.09. The average Bonchev–Trinajstić information content (AvgIpc) is 2.54. The first kappa shape index (κ1) is 17.9. The number of aliphatic carboxylic acids is 1. The topological polar surface area (TPSA) is 74.7 Å². The molecule has 0 saturated heterocycles. The molecule has 0 aliphatic carbocycles. The van der Waals surface area contributed by atoms with Gasteiger partial charge in [0.25, 0.3) is 0 Å². The first-order valence-electron chi connectivity index (χ1n) is 6.82. The van der Waals surface area contributed by atoms with Crippen molar-refractivity contribution in [2.24, 2.45) is 0 Å². The van der Waals surface area contributed by atoms with Crippen LogP contribution in [0.4, 0.5) is 0 Å². The number of hydrogen-bond donors (Lipinski definition) is 1. The van der Waals surface area contributed by atoms with E-state index in [2.05, 4.69) is 22.6 Å². The lowest BCUT2D eigenvalue weighted by atomic mass is 10.1. The fourth-order valence-electron chi connectivity index (χ4n) is 2.14. The Kier molecular flexibility index (Phi) is 5.77. The van der Waals surface area contributed by atoms with E-state index in [4.69, 9.17) is 0 Å². The van der Waals surface area contributed by atoms with E-state index in [1.165, 1.54) is 19.2 Å². The van der Waals surface area contributed by atoms with Crippen molar-refractivity contribution < 1.29 is 18.3 Å². The molecule has 2 aromatic carbocycles. The van der Waals surface area contributed by atoms with Crippen LogP contribution >= 0.6 is 22.6 Å². The third-order valence-electron chi connectivity index (χ3n) is 3.49. The summed E-state index contributed by atoms with van der Waals surface area (Å²) in [4.78, 5) is 11.7. The summed E-state index contributed by atoms with van der Waals surface area (Å²) in [5.74, 6) is -1.18. The number of halogens is 1. The van der Waals surface area contributed by atoms with Gasteiger partial charge in [-0.25, -0.2) is 8.42 Å². The van der Waals surface area contributed by atoms with Crippen molar-refractivity contribution in [2.45, 2.75) is 17.4 Å². The molecule has 2 aromatic rings. The standard InChI is InChI=1S/C16H16INO4S/c1-18(23(21,22)14-5-3-2-4-6-14)15(16(19)20)11-12-7-9-13(17)10-8-12/h2-10,15H,11H2,1H3,(H,19,20)/t15-/m1/s1. The molecule has 0 bridgehead atoms. The SMILES string of the molecule is CN([C@H](Cc1ccc(I)cc1)C(=O)O)S(=O)(=O)c1ccccc1. The third kappa shape index (κ3) is 4.30. The Labute approximate surface area is 149 Å². The Morgan fingerprint density at radius 2 is 1.70 bits per heavy atom. The number of hydrogen-bond acceptors (Lipinski definition) is 3. The Balaban J connectivity index is 2.30. The first-order valence-corrected chi connectivity index (χ1v) is 9.34. The van der Waals surface area contributed by atoms with Gasteiger partial charge in [0.1, 0.15) is 6.04 Å². The maximum Gasteiger partial charge on any atom is 0.322 e. The smallest absolute Gasteiger partial charge is 0.322 e. The second-order valence-corrected chi connectivity index (χ2v) is 8.26. The van der Waals surface area contributed by atoms with Gasteiger partial charge < -0.3 is 5.11 Å². The van der Waals surface area contributed by atoms with Gasteiger partial charge in [0.2, 0.25) is 10.0 Å². The van der Waals surface area contributed by atoms with Gasteiger partial charge in [-0.15, -0.1) is 0 Å². The van der Waals surface area contributed by atoms with Crippen LogP contribution in [0, 0.1) is 3.57 Å². The second-order valence-electron chi connectivity index (χ2n) is 5.02. The number of nitrogens with zero attached hydrogens (tertiary/aromatic N) is 1. The predicted molar refractivity (Wildman–Crippen MR) is 95.7 cm³/mol. The van der Waals surface area contributed by atoms with E-state index in [0.29, 0.717) is 0 Å². The lowest BCUT2D eigenvalue weighted by Gasteiger charge is -2.24. The molecule has 0 saturated carbocycles. The minimum absolute atomic E-state index is 0.0800. The number of rotatable bonds is 6. The number of carboxylic acids is 1. The Morgan fingerprint density at radius 1 is 1.13 bits per heavy atom. The highest BCUT2D eigenvalue weighted by Crippen LogP contribution is 2.19. The van der Waals surface area contributed by atoms with Crippen LogP contribution in [0.25, 0.3) is 0 Å². The molecule has 0 aliphatic rings. The van der Waals surface area contributed by atoms with Crippen LogP contribution in [-0.2, 0) is 21.2 Å². The molecule has 0 fully saturated rings. The molecule has 0 heterocycles. The maximum absolute atomic E-state index is 12.6. The highest BCUT2D eigenvalue weighted by molar-refractivity contribution is 14.1. The van der Waals surface area contributed by atoms with Gasteiger partial charge in [-0.2, -0.15) is 4.31 Å². The second kappa shape index (κ2) is 7.41. The number of likely N-dealkylation sites (N-methyl/N-ethyl adjacent to an activating group) is 1. The van der Waals surface area contributed by atoms with Gasteiger partial charge in [-0.05, 0) is 58.8 Å². The minimum Gasteiger partial charge on any atom is -0.480 e. The van der Waals surface area contributed by atoms with Crippen molar-refractivity contribution in [3.8, 4) is 0 Å². The first-order chi connectivity index (χ1) is 10.8. The molecule has 2 rings (SSSR count). The number of sulfonamides is 1. The molecule has 7 heteroatoms. The largest absolute Gasteiger partial charge is 0.480 e. The van der Waals surface area contributed by atoms with Gasteiger partial charge in [-0.3, -0.25) is 4.79 Å². The fraction of sp³-hybridized carbons (Fsp3) is 0.188. The summed E-state index contributed by atoms with van der Waals surface area (Å²) < 4.78 is 27.1. The van der Waals surface area contributed by atoms with Crippen LogP contribution in [0.2, 0.25) is 0 Å². The van der Waals surface area contributed by atoms with Gasteiger partial charge in [0.05, 0.1) is 4.90 Å². The van der Waals surface area contributed by atoms with Crippen molar-refractivity contribution in [1.82, 2.24) is 4.31 Å². The Bertz CT molecular complexity index is 775. The summed E-state index contributed by atoms with van der Waals surface area (Å²) in [5.41, 5.74) is 0.771. The van der Waals surface area contributed by atoms with Gasteiger partial charge in [-0.1, -0.05) is 30.3 Å². The quantitative estimate of drug-likeness (QED) is 0.694. The summed E-state index contributed by atoms with van der Waals surface area (Å²) in [7, 11) is -2.56.